The molecule has 0 saturated carbocycles. The summed E-state index contributed by atoms with van der Waals surface area (Å²) in [5.74, 6) is -0.615. The van der Waals surface area contributed by atoms with Gasteiger partial charge in [0.15, 0.2) is 6.10 Å². The van der Waals surface area contributed by atoms with Crippen LogP contribution in [-0.4, -0.2) is 36.4 Å². The molecule has 0 spiro atoms. The summed E-state index contributed by atoms with van der Waals surface area (Å²) in [6, 6.07) is 0. The first-order valence-electron chi connectivity index (χ1n) is 20.2. The first-order chi connectivity index (χ1) is 23.6. The third kappa shape index (κ3) is 36.7. The zero-order chi connectivity index (χ0) is 35.0. The first kappa shape index (κ1) is 45.9. The quantitative estimate of drug-likeness (QED) is 0.0407. The summed E-state index contributed by atoms with van der Waals surface area (Å²) in [5, 5.41) is 9.56. The Hall–Kier alpha value is -2.14. The van der Waals surface area contributed by atoms with Crippen LogP contribution in [0.25, 0.3) is 0 Å². The van der Waals surface area contributed by atoms with Gasteiger partial charge in [0.1, 0.15) is 6.61 Å². The van der Waals surface area contributed by atoms with Crippen LogP contribution in [0.4, 0.5) is 0 Å². The Morgan fingerprint density at radius 2 is 0.833 bits per heavy atom. The SMILES string of the molecule is CCCCC/C=C\C/C=C\C/C=C\CCCCCCCCC(=O)O[C@@H](CO)COC(=O)CCCCCCC/C=C\CCCCCCCC. The molecule has 0 aliphatic carbocycles. The average molecular weight is 673 g/mol. The number of hydrogen-bond donors (Lipinski definition) is 1. The van der Waals surface area contributed by atoms with E-state index in [4.69, 9.17) is 9.47 Å². The minimum Gasteiger partial charge on any atom is -0.462 e. The summed E-state index contributed by atoms with van der Waals surface area (Å²) in [6.07, 6.45) is 48.8. The van der Waals surface area contributed by atoms with Crippen molar-refractivity contribution in [2.75, 3.05) is 13.2 Å². The van der Waals surface area contributed by atoms with E-state index in [0.717, 1.165) is 64.2 Å². The van der Waals surface area contributed by atoms with Gasteiger partial charge in [0.2, 0.25) is 0 Å². The monoisotopic (exact) mass is 673 g/mol. The molecule has 0 aliphatic heterocycles. The smallest absolute Gasteiger partial charge is 0.306 e. The first-order valence-corrected chi connectivity index (χ1v) is 20.2. The Morgan fingerprint density at radius 3 is 1.31 bits per heavy atom. The number of aliphatic hydroxyl groups is 1. The summed E-state index contributed by atoms with van der Waals surface area (Å²) < 4.78 is 10.6. The molecule has 1 atom stereocenters. The van der Waals surface area contributed by atoms with Crippen LogP contribution in [0.3, 0.4) is 0 Å². The number of hydrogen-bond acceptors (Lipinski definition) is 5. The lowest BCUT2D eigenvalue weighted by Gasteiger charge is -2.15. The molecular formula is C43H76O5. The molecule has 5 heteroatoms. The van der Waals surface area contributed by atoms with Gasteiger partial charge < -0.3 is 14.6 Å². The van der Waals surface area contributed by atoms with Gasteiger partial charge in [0, 0.05) is 12.8 Å². The highest BCUT2D eigenvalue weighted by Gasteiger charge is 2.16. The van der Waals surface area contributed by atoms with Gasteiger partial charge in [-0.15, -0.1) is 0 Å². The molecule has 0 heterocycles. The van der Waals surface area contributed by atoms with E-state index in [1.807, 2.05) is 0 Å². The number of unbranched alkanes of at least 4 members (excludes halogenated alkanes) is 20. The van der Waals surface area contributed by atoms with Crippen LogP contribution in [0, 0.1) is 0 Å². The van der Waals surface area contributed by atoms with Crippen LogP contribution in [0.2, 0.25) is 0 Å². The molecule has 0 aromatic rings. The van der Waals surface area contributed by atoms with Gasteiger partial charge in [-0.3, -0.25) is 9.59 Å². The molecule has 0 amide bonds. The average Bonchev–Trinajstić information content (AvgIpc) is 3.09. The van der Waals surface area contributed by atoms with Gasteiger partial charge >= 0.3 is 11.9 Å². The Kier molecular flexibility index (Phi) is 37.5. The highest BCUT2D eigenvalue weighted by atomic mass is 16.6. The van der Waals surface area contributed by atoms with Crippen molar-refractivity contribution < 1.29 is 24.2 Å². The second-order valence-corrected chi connectivity index (χ2v) is 13.4. The number of rotatable bonds is 36. The van der Waals surface area contributed by atoms with Crippen LogP contribution in [0.15, 0.2) is 48.6 Å². The van der Waals surface area contributed by atoms with Gasteiger partial charge in [0.05, 0.1) is 6.61 Å². The number of carbonyl (C=O) groups excluding carboxylic acids is 2. The predicted molar refractivity (Wildman–Crippen MR) is 205 cm³/mol. The number of carbonyl (C=O) groups is 2. The van der Waals surface area contributed by atoms with Crippen molar-refractivity contribution in [3.63, 3.8) is 0 Å². The fourth-order valence-electron chi connectivity index (χ4n) is 5.50. The van der Waals surface area contributed by atoms with Crippen LogP contribution >= 0.6 is 0 Å². The van der Waals surface area contributed by atoms with Crippen LogP contribution in [0.5, 0.6) is 0 Å². The molecule has 0 aromatic carbocycles. The highest BCUT2D eigenvalue weighted by molar-refractivity contribution is 5.70. The van der Waals surface area contributed by atoms with E-state index in [1.165, 1.54) is 103 Å². The third-order valence-corrected chi connectivity index (χ3v) is 8.60. The van der Waals surface area contributed by atoms with Crippen molar-refractivity contribution >= 4 is 11.9 Å². The van der Waals surface area contributed by atoms with Crippen molar-refractivity contribution in [2.45, 2.75) is 200 Å². The molecule has 278 valence electrons. The Bertz CT molecular complexity index is 812. The molecule has 0 radical (unpaired) electrons. The molecule has 0 bridgehead atoms. The Labute approximate surface area is 297 Å². The molecule has 0 fully saturated rings. The van der Waals surface area contributed by atoms with E-state index >= 15 is 0 Å². The third-order valence-electron chi connectivity index (χ3n) is 8.60. The molecule has 0 rings (SSSR count). The molecule has 48 heavy (non-hydrogen) atoms. The van der Waals surface area contributed by atoms with E-state index in [9.17, 15) is 14.7 Å². The summed E-state index contributed by atoms with van der Waals surface area (Å²) in [7, 11) is 0. The number of aliphatic hydroxyl groups excluding tert-OH is 1. The zero-order valence-electron chi connectivity index (χ0n) is 31.5. The summed E-state index contributed by atoms with van der Waals surface area (Å²) in [6.45, 7) is 4.08. The second kappa shape index (κ2) is 39.3. The number of allylic oxidation sites excluding steroid dienone is 8. The van der Waals surface area contributed by atoms with Gasteiger partial charge in [0.25, 0.3) is 0 Å². The molecule has 0 unspecified atom stereocenters. The Morgan fingerprint density at radius 1 is 0.479 bits per heavy atom. The standard InChI is InChI=1S/C43H76O5/c1-3-5-7-9-11-13-15-17-19-20-21-22-24-26-28-30-32-34-36-38-43(46)48-41(39-44)40-47-42(45)37-35-33-31-29-27-25-23-18-16-14-12-10-8-6-4-2/h11,13,17-19,21-23,41,44H,3-10,12,14-16,20,24-40H2,1-2H3/b13-11-,19-17-,22-21-,23-18-/t41-/m0/s1. The lowest BCUT2D eigenvalue weighted by Crippen LogP contribution is -2.28. The summed E-state index contributed by atoms with van der Waals surface area (Å²) in [5.41, 5.74) is 0. The van der Waals surface area contributed by atoms with Gasteiger partial charge in [-0.2, -0.15) is 0 Å². The number of ether oxygens (including phenoxy) is 2. The van der Waals surface area contributed by atoms with Crippen molar-refractivity contribution in [2.24, 2.45) is 0 Å². The van der Waals surface area contributed by atoms with Crippen LogP contribution in [0.1, 0.15) is 194 Å². The van der Waals surface area contributed by atoms with E-state index in [-0.39, 0.29) is 25.2 Å². The molecular weight excluding hydrogens is 596 g/mol. The van der Waals surface area contributed by atoms with Crippen molar-refractivity contribution in [3.05, 3.63) is 48.6 Å². The van der Waals surface area contributed by atoms with E-state index < -0.39 is 6.10 Å². The van der Waals surface area contributed by atoms with E-state index in [1.54, 1.807) is 0 Å². The fourth-order valence-corrected chi connectivity index (χ4v) is 5.50. The minimum atomic E-state index is -0.781. The maximum absolute atomic E-state index is 12.2. The molecule has 5 nitrogen and oxygen atoms in total. The van der Waals surface area contributed by atoms with Crippen molar-refractivity contribution in [3.8, 4) is 0 Å². The molecule has 0 saturated heterocycles. The van der Waals surface area contributed by atoms with E-state index in [0.29, 0.717) is 12.8 Å². The van der Waals surface area contributed by atoms with Crippen molar-refractivity contribution in [1.29, 1.82) is 0 Å². The summed E-state index contributed by atoms with van der Waals surface area (Å²) >= 11 is 0. The lowest BCUT2D eigenvalue weighted by molar-refractivity contribution is -0.161. The largest absolute Gasteiger partial charge is 0.462 e. The predicted octanol–water partition coefficient (Wildman–Crippen LogP) is 12.6. The van der Waals surface area contributed by atoms with Gasteiger partial charge in [-0.25, -0.2) is 0 Å². The second-order valence-electron chi connectivity index (χ2n) is 13.4. The number of esters is 2. The van der Waals surface area contributed by atoms with Crippen LogP contribution < -0.4 is 0 Å². The maximum atomic E-state index is 12.2. The lowest BCUT2D eigenvalue weighted by atomic mass is 10.1. The summed E-state index contributed by atoms with van der Waals surface area (Å²) in [4.78, 5) is 24.3. The fraction of sp³-hybridized carbons (Fsp3) is 0.767. The zero-order valence-corrected chi connectivity index (χ0v) is 31.5. The molecule has 0 aromatic heterocycles. The van der Waals surface area contributed by atoms with Crippen molar-refractivity contribution in [1.82, 2.24) is 0 Å². The van der Waals surface area contributed by atoms with Crippen LogP contribution in [-0.2, 0) is 19.1 Å². The molecule has 0 aliphatic rings. The highest BCUT2D eigenvalue weighted by Crippen LogP contribution is 2.12. The molecule has 1 N–H and O–H groups in total. The minimum absolute atomic E-state index is 0.0760. The van der Waals surface area contributed by atoms with E-state index in [2.05, 4.69) is 62.5 Å². The maximum Gasteiger partial charge on any atom is 0.306 e. The van der Waals surface area contributed by atoms with Gasteiger partial charge in [-0.05, 0) is 77.0 Å². The normalized spacial score (nSPS) is 12.6. The Balaban J connectivity index is 3.60. The van der Waals surface area contributed by atoms with Gasteiger partial charge in [-0.1, -0.05) is 152 Å². The topological polar surface area (TPSA) is 72.8 Å².